The van der Waals surface area contributed by atoms with Gasteiger partial charge in [-0.15, -0.1) is 11.3 Å². The summed E-state index contributed by atoms with van der Waals surface area (Å²) in [5.41, 5.74) is 7.25. The van der Waals surface area contributed by atoms with Gasteiger partial charge in [0.05, 0.1) is 5.56 Å². The Kier molecular flexibility index (Phi) is 4.81. The maximum Gasteiger partial charge on any atom is 0.251 e. The van der Waals surface area contributed by atoms with E-state index in [4.69, 9.17) is 5.73 Å². The predicted molar refractivity (Wildman–Crippen MR) is 89.3 cm³/mol. The first-order valence-electron chi connectivity index (χ1n) is 8.39. The van der Waals surface area contributed by atoms with Crippen molar-refractivity contribution in [3.8, 4) is 0 Å². The lowest BCUT2D eigenvalue weighted by molar-refractivity contribution is -0.117. The summed E-state index contributed by atoms with van der Waals surface area (Å²) in [6, 6.07) is 0. The number of fused-ring (bicyclic) bond motifs is 1. The fraction of sp³-hybridized carbons (Fsp3) is 0.647. The van der Waals surface area contributed by atoms with Gasteiger partial charge in [-0.2, -0.15) is 0 Å². The number of primary amides is 1. The van der Waals surface area contributed by atoms with Crippen molar-refractivity contribution >= 4 is 28.2 Å². The molecule has 2 aliphatic rings. The monoisotopic (exact) mass is 320 g/mol. The minimum Gasteiger partial charge on any atom is -0.365 e. The molecule has 1 aromatic heterocycles. The summed E-state index contributed by atoms with van der Waals surface area (Å²) in [5, 5.41) is 3.66. The lowest BCUT2D eigenvalue weighted by atomic mass is 10.0. The van der Waals surface area contributed by atoms with E-state index in [2.05, 4.69) is 5.32 Å². The van der Waals surface area contributed by atoms with Gasteiger partial charge in [-0.3, -0.25) is 9.59 Å². The van der Waals surface area contributed by atoms with Gasteiger partial charge in [0.2, 0.25) is 5.91 Å². The summed E-state index contributed by atoms with van der Waals surface area (Å²) in [4.78, 5) is 25.4. The minimum atomic E-state index is -0.407. The van der Waals surface area contributed by atoms with Gasteiger partial charge in [-0.25, -0.2) is 0 Å². The zero-order valence-corrected chi connectivity index (χ0v) is 13.8. The molecule has 0 bridgehead atoms. The highest BCUT2D eigenvalue weighted by Crippen LogP contribution is 2.37. The number of aryl methyl sites for hydroxylation is 1. The molecule has 4 nitrogen and oxygen atoms in total. The van der Waals surface area contributed by atoms with Crippen LogP contribution < -0.4 is 11.1 Å². The second-order valence-electron chi connectivity index (χ2n) is 6.54. The van der Waals surface area contributed by atoms with Crippen molar-refractivity contribution in [3.63, 3.8) is 0 Å². The summed E-state index contributed by atoms with van der Waals surface area (Å²) in [6.45, 7) is 0. The first kappa shape index (κ1) is 15.5. The Balaban J connectivity index is 1.77. The van der Waals surface area contributed by atoms with Crippen LogP contribution in [-0.4, -0.2) is 11.8 Å². The summed E-state index contributed by atoms with van der Waals surface area (Å²) < 4.78 is 0. The van der Waals surface area contributed by atoms with E-state index in [0.29, 0.717) is 22.9 Å². The normalized spacial score (nSPS) is 18.7. The van der Waals surface area contributed by atoms with E-state index in [-0.39, 0.29) is 5.91 Å². The van der Waals surface area contributed by atoms with Crippen LogP contribution in [0.5, 0.6) is 0 Å². The third-order valence-electron chi connectivity index (χ3n) is 4.87. The number of anilines is 1. The molecule has 5 heteroatoms. The van der Waals surface area contributed by atoms with E-state index in [1.54, 1.807) is 11.3 Å². The highest BCUT2D eigenvalue weighted by molar-refractivity contribution is 7.17. The Morgan fingerprint density at radius 3 is 2.55 bits per heavy atom. The van der Waals surface area contributed by atoms with E-state index >= 15 is 0 Å². The smallest absolute Gasteiger partial charge is 0.251 e. The number of hydrogen-bond donors (Lipinski definition) is 2. The summed E-state index contributed by atoms with van der Waals surface area (Å²) in [6.07, 6.45) is 10.7. The number of carbonyl (C=O) groups excluding carboxylic acids is 2. The Labute approximate surface area is 135 Å². The first-order chi connectivity index (χ1) is 10.6. The highest BCUT2D eigenvalue weighted by Gasteiger charge is 2.25. The molecule has 22 heavy (non-hydrogen) atoms. The van der Waals surface area contributed by atoms with E-state index in [0.717, 1.165) is 44.1 Å². The second kappa shape index (κ2) is 6.82. The topological polar surface area (TPSA) is 72.2 Å². The van der Waals surface area contributed by atoms with Gasteiger partial charge in [0.1, 0.15) is 5.00 Å². The third kappa shape index (κ3) is 3.35. The summed E-state index contributed by atoms with van der Waals surface area (Å²) in [5.74, 6) is 0.135. The molecule has 1 aromatic rings. The Hall–Kier alpha value is -1.36. The van der Waals surface area contributed by atoms with Gasteiger partial charge < -0.3 is 11.1 Å². The molecule has 0 spiro atoms. The van der Waals surface area contributed by atoms with Crippen LogP contribution in [0.4, 0.5) is 5.00 Å². The fourth-order valence-corrected chi connectivity index (χ4v) is 5.06. The Bertz CT molecular complexity index is 573. The maximum absolute atomic E-state index is 12.3. The second-order valence-corrected chi connectivity index (χ2v) is 7.64. The molecule has 0 radical (unpaired) electrons. The molecule has 0 saturated heterocycles. The molecule has 1 heterocycles. The molecule has 2 amide bonds. The summed E-state index contributed by atoms with van der Waals surface area (Å²) in [7, 11) is 0. The van der Waals surface area contributed by atoms with Gasteiger partial charge >= 0.3 is 0 Å². The zero-order chi connectivity index (χ0) is 15.5. The van der Waals surface area contributed by atoms with Crippen LogP contribution in [0.3, 0.4) is 0 Å². The van der Waals surface area contributed by atoms with Crippen molar-refractivity contribution in [2.24, 2.45) is 11.7 Å². The summed E-state index contributed by atoms with van der Waals surface area (Å²) >= 11 is 1.56. The van der Waals surface area contributed by atoms with Gasteiger partial charge in [0, 0.05) is 11.3 Å². The SMILES string of the molecule is NC(=O)c1c(NC(=O)CC2CCCC2)sc2c1CCCCC2. The van der Waals surface area contributed by atoms with Crippen LogP contribution in [0.15, 0.2) is 0 Å². The maximum atomic E-state index is 12.3. The largest absolute Gasteiger partial charge is 0.365 e. The fourth-order valence-electron chi connectivity index (χ4n) is 3.75. The highest BCUT2D eigenvalue weighted by atomic mass is 32.1. The molecule has 1 fully saturated rings. The molecule has 3 N–H and O–H groups in total. The van der Waals surface area contributed by atoms with Crippen LogP contribution in [0.2, 0.25) is 0 Å². The van der Waals surface area contributed by atoms with Crippen molar-refractivity contribution in [2.45, 2.75) is 64.2 Å². The van der Waals surface area contributed by atoms with E-state index < -0.39 is 5.91 Å². The van der Waals surface area contributed by atoms with E-state index in [9.17, 15) is 9.59 Å². The molecular weight excluding hydrogens is 296 g/mol. The average molecular weight is 320 g/mol. The molecule has 0 unspecified atom stereocenters. The number of nitrogens with two attached hydrogens (primary N) is 1. The Morgan fingerprint density at radius 2 is 1.82 bits per heavy atom. The molecule has 120 valence electrons. The number of thiophene rings is 1. The van der Waals surface area contributed by atoms with E-state index in [1.165, 1.54) is 24.1 Å². The van der Waals surface area contributed by atoms with Crippen LogP contribution in [0.1, 0.15) is 72.2 Å². The molecule has 0 atom stereocenters. The van der Waals surface area contributed by atoms with E-state index in [1.807, 2.05) is 0 Å². The number of nitrogens with one attached hydrogen (secondary N) is 1. The van der Waals surface area contributed by atoms with Gasteiger partial charge in [0.15, 0.2) is 0 Å². The quantitative estimate of drug-likeness (QED) is 0.831. The van der Waals surface area contributed by atoms with Crippen LogP contribution in [0.25, 0.3) is 0 Å². The first-order valence-corrected chi connectivity index (χ1v) is 9.21. The van der Waals surface area contributed by atoms with Crippen molar-refractivity contribution in [1.82, 2.24) is 0 Å². The lowest BCUT2D eigenvalue weighted by Gasteiger charge is -2.09. The minimum absolute atomic E-state index is 0.0332. The molecule has 1 saturated carbocycles. The van der Waals surface area contributed by atoms with Gasteiger partial charge in [-0.05, 0) is 50.0 Å². The van der Waals surface area contributed by atoms with Crippen molar-refractivity contribution in [1.29, 1.82) is 0 Å². The zero-order valence-electron chi connectivity index (χ0n) is 13.0. The average Bonchev–Trinajstić information content (AvgIpc) is 3.01. The predicted octanol–water partition coefficient (Wildman–Crippen LogP) is 3.63. The molecule has 0 aliphatic heterocycles. The van der Waals surface area contributed by atoms with Crippen LogP contribution in [0, 0.1) is 5.92 Å². The number of amides is 2. The number of rotatable bonds is 4. The van der Waals surface area contributed by atoms with Crippen molar-refractivity contribution < 1.29 is 9.59 Å². The Morgan fingerprint density at radius 1 is 1.09 bits per heavy atom. The molecule has 2 aliphatic carbocycles. The number of hydrogen-bond acceptors (Lipinski definition) is 3. The lowest BCUT2D eigenvalue weighted by Crippen LogP contribution is -2.19. The van der Waals surface area contributed by atoms with Gasteiger partial charge in [-0.1, -0.05) is 19.3 Å². The van der Waals surface area contributed by atoms with Gasteiger partial charge in [0.25, 0.3) is 5.91 Å². The van der Waals surface area contributed by atoms with Crippen molar-refractivity contribution in [3.05, 3.63) is 16.0 Å². The van der Waals surface area contributed by atoms with Crippen LogP contribution >= 0.6 is 11.3 Å². The van der Waals surface area contributed by atoms with Crippen molar-refractivity contribution in [2.75, 3.05) is 5.32 Å². The molecule has 3 rings (SSSR count). The standard InChI is InChI=1S/C17H24N2O2S/c18-16(21)15-12-8-2-1-3-9-13(12)22-17(15)19-14(20)10-11-6-4-5-7-11/h11H,1-10H2,(H2,18,21)(H,19,20). The van der Waals surface area contributed by atoms with Crippen LogP contribution in [-0.2, 0) is 17.6 Å². The number of carbonyl (C=O) groups is 2. The molecular formula is C17H24N2O2S. The third-order valence-corrected chi connectivity index (χ3v) is 6.08. The molecule has 0 aromatic carbocycles.